The normalized spacial score (nSPS) is 16.2. The summed E-state index contributed by atoms with van der Waals surface area (Å²) in [5.41, 5.74) is 2.29. The Bertz CT molecular complexity index is 907. The fourth-order valence-corrected chi connectivity index (χ4v) is 4.10. The quantitative estimate of drug-likeness (QED) is 0.276. The van der Waals surface area contributed by atoms with E-state index in [1.165, 1.54) is 22.2 Å². The van der Waals surface area contributed by atoms with Crippen molar-refractivity contribution in [2.45, 2.75) is 32.6 Å². The zero-order chi connectivity index (χ0) is 21.5. The monoisotopic (exact) mass is 441 g/mol. The van der Waals surface area contributed by atoms with Crippen molar-refractivity contribution in [2.24, 2.45) is 0 Å². The number of ether oxygens (including phenoxy) is 2. The minimum atomic E-state index is -0.0557. The molecular weight excluding hydrogens is 414 g/mol. The summed E-state index contributed by atoms with van der Waals surface area (Å²) in [7, 11) is 1.70. The van der Waals surface area contributed by atoms with Crippen LogP contribution in [-0.4, -0.2) is 35.4 Å². The van der Waals surface area contributed by atoms with E-state index in [1.807, 2.05) is 42.5 Å². The fraction of sp³-hybridized carbons (Fsp3) is 0.333. The van der Waals surface area contributed by atoms with Crippen molar-refractivity contribution in [1.29, 1.82) is 0 Å². The Morgan fingerprint density at radius 3 is 2.10 bits per heavy atom. The summed E-state index contributed by atoms with van der Waals surface area (Å²) in [5.74, 6) is 2.21. The Hall–Kier alpha value is -2.31. The van der Waals surface area contributed by atoms with Crippen LogP contribution in [0.15, 0.2) is 53.4 Å². The number of carbonyl (C=O) groups excluding carboxylic acids is 1. The highest BCUT2D eigenvalue weighted by Gasteiger charge is 2.28. The molecule has 0 N–H and O–H groups in total. The lowest BCUT2D eigenvalue weighted by atomic mass is 9.99. The number of amides is 1. The van der Waals surface area contributed by atoms with Crippen LogP contribution in [0, 0.1) is 0 Å². The van der Waals surface area contributed by atoms with E-state index < -0.39 is 0 Å². The zero-order valence-corrected chi connectivity index (χ0v) is 19.2. The molecule has 0 unspecified atom stereocenters. The van der Waals surface area contributed by atoms with Gasteiger partial charge in [-0.2, -0.15) is 0 Å². The predicted molar refractivity (Wildman–Crippen MR) is 128 cm³/mol. The molecule has 3 rings (SSSR count). The van der Waals surface area contributed by atoms with Gasteiger partial charge in [0.25, 0.3) is 5.91 Å². The van der Waals surface area contributed by atoms with Gasteiger partial charge in [-0.25, -0.2) is 0 Å². The largest absolute Gasteiger partial charge is 0.493 e. The average Bonchev–Trinajstić information content (AvgIpc) is 3.01. The van der Waals surface area contributed by atoms with Crippen LogP contribution >= 0.6 is 24.0 Å². The first-order valence-electron chi connectivity index (χ1n) is 10.1. The third-order valence-electron chi connectivity index (χ3n) is 5.05. The molecule has 0 aliphatic carbocycles. The van der Waals surface area contributed by atoms with Gasteiger partial charge in [0.1, 0.15) is 15.8 Å². The highest BCUT2D eigenvalue weighted by molar-refractivity contribution is 8.26. The van der Waals surface area contributed by atoms with Gasteiger partial charge in [0.05, 0.1) is 18.1 Å². The van der Waals surface area contributed by atoms with Crippen LogP contribution in [0.5, 0.6) is 11.5 Å². The molecule has 0 saturated carbocycles. The van der Waals surface area contributed by atoms with Gasteiger partial charge in [-0.15, -0.1) is 0 Å². The standard InChI is InChI=1S/C24H27NO3S2/c1-4-17(2)19-8-12-21(13-9-19)28-15-5-14-27-20-10-6-18(7-11-20)16-22-23(26)25(3)24(29)30-22/h6-13,16-17H,4-5,14-15H2,1-3H3/b22-16-/t17-/m0/s1. The summed E-state index contributed by atoms with van der Waals surface area (Å²) in [6.45, 7) is 5.63. The van der Waals surface area contributed by atoms with Crippen molar-refractivity contribution < 1.29 is 14.3 Å². The van der Waals surface area contributed by atoms with Gasteiger partial charge in [0, 0.05) is 13.5 Å². The van der Waals surface area contributed by atoms with E-state index in [9.17, 15) is 4.79 Å². The second-order valence-electron chi connectivity index (χ2n) is 7.24. The molecule has 0 aromatic heterocycles. The van der Waals surface area contributed by atoms with Crippen LogP contribution in [0.3, 0.4) is 0 Å². The molecule has 1 saturated heterocycles. The lowest BCUT2D eigenvalue weighted by Crippen LogP contribution is -2.22. The molecule has 158 valence electrons. The number of hydrogen-bond acceptors (Lipinski definition) is 5. The second-order valence-corrected chi connectivity index (χ2v) is 8.91. The summed E-state index contributed by atoms with van der Waals surface area (Å²) in [4.78, 5) is 14.2. The molecule has 1 heterocycles. The number of likely N-dealkylation sites (N-methyl/N-ethyl adjacent to an activating group) is 1. The molecule has 30 heavy (non-hydrogen) atoms. The average molecular weight is 442 g/mol. The zero-order valence-electron chi connectivity index (χ0n) is 17.6. The van der Waals surface area contributed by atoms with Crippen molar-refractivity contribution in [3.63, 3.8) is 0 Å². The van der Waals surface area contributed by atoms with E-state index in [-0.39, 0.29) is 5.91 Å². The molecule has 2 aromatic rings. The molecule has 1 aliphatic rings. The van der Waals surface area contributed by atoms with E-state index in [2.05, 4.69) is 26.0 Å². The van der Waals surface area contributed by atoms with Crippen molar-refractivity contribution >= 4 is 40.3 Å². The van der Waals surface area contributed by atoms with Gasteiger partial charge in [0.15, 0.2) is 0 Å². The highest BCUT2D eigenvalue weighted by atomic mass is 32.2. The molecule has 0 bridgehead atoms. The summed E-state index contributed by atoms with van der Waals surface area (Å²) in [6, 6.07) is 16.0. The third kappa shape index (κ3) is 5.86. The minimum Gasteiger partial charge on any atom is -0.493 e. The first-order valence-corrected chi connectivity index (χ1v) is 11.4. The van der Waals surface area contributed by atoms with Crippen LogP contribution in [0.4, 0.5) is 0 Å². The molecule has 1 atom stereocenters. The second kappa shape index (κ2) is 10.6. The SMILES string of the molecule is CC[C@H](C)c1ccc(OCCCOc2ccc(/C=C3\SC(=S)N(C)C3=O)cc2)cc1. The molecule has 1 fully saturated rings. The molecule has 1 aliphatic heterocycles. The molecule has 1 amide bonds. The van der Waals surface area contributed by atoms with Crippen LogP contribution in [0.1, 0.15) is 43.7 Å². The maximum atomic E-state index is 12.1. The van der Waals surface area contributed by atoms with Crippen LogP contribution in [0.25, 0.3) is 6.08 Å². The summed E-state index contributed by atoms with van der Waals surface area (Å²) >= 11 is 6.48. The van der Waals surface area contributed by atoms with Gasteiger partial charge in [-0.05, 0) is 53.8 Å². The van der Waals surface area contributed by atoms with Crippen LogP contribution in [-0.2, 0) is 4.79 Å². The van der Waals surface area contributed by atoms with E-state index in [4.69, 9.17) is 21.7 Å². The minimum absolute atomic E-state index is 0.0557. The van der Waals surface area contributed by atoms with Crippen LogP contribution < -0.4 is 9.47 Å². The van der Waals surface area contributed by atoms with Crippen molar-refractivity contribution in [3.05, 3.63) is 64.6 Å². The van der Waals surface area contributed by atoms with Gasteiger partial charge in [0.2, 0.25) is 0 Å². The molecular formula is C24H27NO3S2. The number of carbonyl (C=O) groups is 1. The van der Waals surface area contributed by atoms with E-state index in [0.29, 0.717) is 28.4 Å². The topological polar surface area (TPSA) is 38.8 Å². The summed E-state index contributed by atoms with van der Waals surface area (Å²) in [6.07, 6.45) is 3.79. The van der Waals surface area contributed by atoms with Gasteiger partial charge >= 0.3 is 0 Å². The van der Waals surface area contributed by atoms with E-state index >= 15 is 0 Å². The van der Waals surface area contributed by atoms with E-state index in [0.717, 1.165) is 29.9 Å². The Labute approximate surface area is 188 Å². The summed E-state index contributed by atoms with van der Waals surface area (Å²) < 4.78 is 12.2. The van der Waals surface area contributed by atoms with Gasteiger partial charge < -0.3 is 9.47 Å². The molecule has 0 spiro atoms. The van der Waals surface area contributed by atoms with Gasteiger partial charge in [-0.3, -0.25) is 9.69 Å². The van der Waals surface area contributed by atoms with Crippen LogP contribution in [0.2, 0.25) is 0 Å². The third-order valence-corrected chi connectivity index (χ3v) is 6.54. The maximum absolute atomic E-state index is 12.1. The summed E-state index contributed by atoms with van der Waals surface area (Å²) in [5, 5.41) is 0. The van der Waals surface area contributed by atoms with Crippen molar-refractivity contribution in [1.82, 2.24) is 4.90 Å². The lowest BCUT2D eigenvalue weighted by molar-refractivity contribution is -0.121. The highest BCUT2D eigenvalue weighted by Crippen LogP contribution is 2.31. The number of thioether (sulfide) groups is 1. The predicted octanol–water partition coefficient (Wildman–Crippen LogP) is 5.88. The Balaban J connectivity index is 1.40. The lowest BCUT2D eigenvalue weighted by Gasteiger charge is -2.11. The first kappa shape index (κ1) is 22.4. The number of rotatable bonds is 9. The number of benzene rings is 2. The Morgan fingerprint density at radius 1 is 1.03 bits per heavy atom. The van der Waals surface area contributed by atoms with E-state index in [1.54, 1.807) is 7.05 Å². The number of thiocarbonyl (C=S) groups is 1. The molecule has 2 aromatic carbocycles. The number of nitrogens with zero attached hydrogens (tertiary/aromatic N) is 1. The smallest absolute Gasteiger partial charge is 0.265 e. The molecule has 4 nitrogen and oxygen atoms in total. The van der Waals surface area contributed by atoms with Crippen molar-refractivity contribution in [3.8, 4) is 11.5 Å². The maximum Gasteiger partial charge on any atom is 0.265 e. The Kier molecular flexibility index (Phi) is 7.94. The van der Waals surface area contributed by atoms with Crippen molar-refractivity contribution in [2.75, 3.05) is 20.3 Å². The Morgan fingerprint density at radius 2 is 1.60 bits per heavy atom. The molecule has 6 heteroatoms. The fourth-order valence-electron chi connectivity index (χ4n) is 2.92. The number of hydrogen-bond donors (Lipinski definition) is 0. The van der Waals surface area contributed by atoms with Gasteiger partial charge in [-0.1, -0.05) is 62.1 Å². The first-order chi connectivity index (χ1) is 14.5. The molecule has 0 radical (unpaired) electrons.